The zero-order chi connectivity index (χ0) is 11.5. The second kappa shape index (κ2) is 4.19. The van der Waals surface area contributed by atoms with Crippen molar-refractivity contribution < 1.29 is 4.79 Å². The summed E-state index contributed by atoms with van der Waals surface area (Å²) >= 11 is 0. The number of carbonyl (C=O) groups excluding carboxylic acids is 1. The van der Waals surface area contributed by atoms with E-state index in [0.29, 0.717) is 18.5 Å². The number of aryl methyl sites for hydroxylation is 1. The number of fused-ring (bicyclic) bond motifs is 1. The molecule has 2 rings (SSSR count). The zero-order valence-corrected chi connectivity index (χ0v) is 9.10. The van der Waals surface area contributed by atoms with Gasteiger partial charge in [-0.3, -0.25) is 9.48 Å². The first-order chi connectivity index (χ1) is 7.74. The number of carbonyl (C=O) groups is 1. The molecule has 0 saturated carbocycles. The molecule has 0 radical (unpaired) electrons. The van der Waals surface area contributed by atoms with Crippen molar-refractivity contribution in [1.82, 2.24) is 9.78 Å². The van der Waals surface area contributed by atoms with Crippen LogP contribution in [0.2, 0.25) is 0 Å². The summed E-state index contributed by atoms with van der Waals surface area (Å²) in [4.78, 5) is 11.9. The fourth-order valence-corrected chi connectivity index (χ4v) is 1.72. The van der Waals surface area contributed by atoms with Gasteiger partial charge in [-0.25, -0.2) is 0 Å². The van der Waals surface area contributed by atoms with E-state index in [1.807, 2.05) is 31.3 Å². The molecule has 1 aromatic carbocycles. The van der Waals surface area contributed by atoms with Crippen molar-refractivity contribution in [3.63, 3.8) is 0 Å². The van der Waals surface area contributed by atoms with Crippen LogP contribution < -0.4 is 0 Å². The molecule has 3 nitrogen and oxygen atoms in total. The van der Waals surface area contributed by atoms with E-state index in [0.717, 1.165) is 10.9 Å². The molecule has 0 saturated heterocycles. The van der Waals surface area contributed by atoms with Crippen molar-refractivity contribution in [1.29, 1.82) is 0 Å². The molecule has 16 heavy (non-hydrogen) atoms. The molecule has 0 bridgehead atoms. The van der Waals surface area contributed by atoms with Crippen LogP contribution in [0.5, 0.6) is 0 Å². The Hall–Kier alpha value is -2.08. The molecular formula is C13H12N2O. The quantitative estimate of drug-likeness (QED) is 0.577. The third-order valence-electron chi connectivity index (χ3n) is 2.52. The Bertz CT molecular complexity index is 575. The van der Waals surface area contributed by atoms with Crippen LogP contribution in [0.3, 0.4) is 0 Å². The molecule has 1 aromatic heterocycles. The topological polar surface area (TPSA) is 34.9 Å². The van der Waals surface area contributed by atoms with E-state index in [4.69, 9.17) is 6.42 Å². The molecule has 0 atom stereocenters. The lowest BCUT2D eigenvalue weighted by Crippen LogP contribution is -2.01. The van der Waals surface area contributed by atoms with Crippen molar-refractivity contribution in [3.8, 4) is 12.3 Å². The Labute approximate surface area is 94.1 Å². The molecule has 80 valence electrons. The molecule has 0 fully saturated rings. The number of terminal acetylenes is 1. The van der Waals surface area contributed by atoms with Crippen LogP contribution >= 0.6 is 0 Å². The number of nitrogens with zero attached hydrogens (tertiary/aromatic N) is 2. The highest BCUT2D eigenvalue weighted by molar-refractivity contribution is 6.06. The van der Waals surface area contributed by atoms with Gasteiger partial charge in [0.1, 0.15) is 5.69 Å². The van der Waals surface area contributed by atoms with Gasteiger partial charge in [0.2, 0.25) is 0 Å². The SMILES string of the molecule is C#CCCC(=O)c1nn(C)c2ccccc12. The van der Waals surface area contributed by atoms with Crippen LogP contribution in [0.15, 0.2) is 24.3 Å². The smallest absolute Gasteiger partial charge is 0.184 e. The van der Waals surface area contributed by atoms with Crippen molar-refractivity contribution in [2.45, 2.75) is 12.8 Å². The Morgan fingerprint density at radius 1 is 1.50 bits per heavy atom. The molecule has 0 aliphatic rings. The summed E-state index contributed by atoms with van der Waals surface area (Å²) in [6.07, 6.45) is 5.97. The average molecular weight is 212 g/mol. The highest BCUT2D eigenvalue weighted by Crippen LogP contribution is 2.18. The minimum Gasteiger partial charge on any atom is -0.292 e. The number of hydrogen-bond acceptors (Lipinski definition) is 2. The summed E-state index contributed by atoms with van der Waals surface area (Å²) in [7, 11) is 1.83. The standard InChI is InChI=1S/C13H12N2O/c1-3-4-9-12(16)13-10-7-5-6-8-11(10)15(2)14-13/h1,5-8H,4,9H2,2H3. The summed E-state index contributed by atoms with van der Waals surface area (Å²) in [5, 5.41) is 5.14. The van der Waals surface area contributed by atoms with Crippen LogP contribution in [-0.4, -0.2) is 15.6 Å². The lowest BCUT2D eigenvalue weighted by atomic mass is 10.1. The van der Waals surface area contributed by atoms with Crippen molar-refractivity contribution >= 4 is 16.7 Å². The predicted molar refractivity (Wildman–Crippen MR) is 63.1 cm³/mol. The molecule has 1 heterocycles. The lowest BCUT2D eigenvalue weighted by molar-refractivity contribution is 0.0980. The van der Waals surface area contributed by atoms with Gasteiger partial charge in [-0.2, -0.15) is 5.10 Å². The summed E-state index contributed by atoms with van der Waals surface area (Å²) in [5.74, 6) is 2.48. The van der Waals surface area contributed by atoms with Gasteiger partial charge in [0, 0.05) is 25.3 Å². The highest BCUT2D eigenvalue weighted by Gasteiger charge is 2.14. The number of hydrogen-bond donors (Lipinski definition) is 0. The first kappa shape index (κ1) is 10.4. The van der Waals surface area contributed by atoms with Gasteiger partial charge < -0.3 is 0 Å². The highest BCUT2D eigenvalue weighted by atomic mass is 16.1. The summed E-state index contributed by atoms with van der Waals surface area (Å²) < 4.78 is 1.72. The molecule has 0 unspecified atom stereocenters. The third-order valence-corrected chi connectivity index (χ3v) is 2.52. The van der Waals surface area contributed by atoms with Gasteiger partial charge >= 0.3 is 0 Å². The van der Waals surface area contributed by atoms with Gasteiger partial charge in [0.25, 0.3) is 0 Å². The van der Waals surface area contributed by atoms with Crippen molar-refractivity contribution in [2.75, 3.05) is 0 Å². The molecule has 2 aromatic rings. The van der Waals surface area contributed by atoms with Gasteiger partial charge in [-0.05, 0) is 6.07 Å². The lowest BCUT2D eigenvalue weighted by Gasteiger charge is -1.93. The maximum absolute atomic E-state index is 11.9. The Balaban J connectivity index is 2.46. The average Bonchev–Trinajstić information content (AvgIpc) is 2.65. The van der Waals surface area contributed by atoms with Crippen molar-refractivity contribution in [3.05, 3.63) is 30.0 Å². The molecule has 0 amide bonds. The first-order valence-electron chi connectivity index (χ1n) is 5.12. The fourth-order valence-electron chi connectivity index (χ4n) is 1.72. The number of benzene rings is 1. The van der Waals surface area contributed by atoms with Gasteiger partial charge in [-0.15, -0.1) is 12.3 Å². The minimum absolute atomic E-state index is 0.00903. The van der Waals surface area contributed by atoms with Crippen LogP contribution in [0.4, 0.5) is 0 Å². The fraction of sp³-hybridized carbons (Fsp3) is 0.231. The van der Waals surface area contributed by atoms with Crippen LogP contribution in [0, 0.1) is 12.3 Å². The normalized spacial score (nSPS) is 10.2. The van der Waals surface area contributed by atoms with E-state index < -0.39 is 0 Å². The maximum Gasteiger partial charge on any atom is 0.184 e. The van der Waals surface area contributed by atoms with E-state index in [1.165, 1.54) is 0 Å². The van der Waals surface area contributed by atoms with Gasteiger partial charge in [0.05, 0.1) is 5.52 Å². The Morgan fingerprint density at radius 2 is 2.25 bits per heavy atom. The Morgan fingerprint density at radius 3 is 3.00 bits per heavy atom. The van der Waals surface area contributed by atoms with Gasteiger partial charge in [-0.1, -0.05) is 18.2 Å². The predicted octanol–water partition coefficient (Wildman–Crippen LogP) is 2.17. The van der Waals surface area contributed by atoms with E-state index in [-0.39, 0.29) is 5.78 Å². The molecular weight excluding hydrogens is 200 g/mol. The van der Waals surface area contributed by atoms with Crippen molar-refractivity contribution in [2.24, 2.45) is 7.05 Å². The van der Waals surface area contributed by atoms with E-state index in [1.54, 1.807) is 4.68 Å². The number of Topliss-reactive ketones (excluding diaryl/α,β-unsaturated/α-hetero) is 1. The van der Waals surface area contributed by atoms with E-state index in [9.17, 15) is 4.79 Å². The molecule has 0 aliphatic carbocycles. The van der Waals surface area contributed by atoms with Gasteiger partial charge in [0.15, 0.2) is 5.78 Å². The summed E-state index contributed by atoms with van der Waals surface area (Å²) in [6.45, 7) is 0. The monoisotopic (exact) mass is 212 g/mol. The number of ketones is 1. The number of para-hydroxylation sites is 1. The summed E-state index contributed by atoms with van der Waals surface area (Å²) in [6, 6.07) is 7.69. The minimum atomic E-state index is 0.00903. The summed E-state index contributed by atoms with van der Waals surface area (Å²) in [5.41, 5.74) is 1.49. The van der Waals surface area contributed by atoms with E-state index in [2.05, 4.69) is 11.0 Å². The van der Waals surface area contributed by atoms with Crippen LogP contribution in [-0.2, 0) is 7.05 Å². The largest absolute Gasteiger partial charge is 0.292 e. The maximum atomic E-state index is 11.9. The molecule has 0 N–H and O–H groups in total. The number of rotatable bonds is 3. The first-order valence-corrected chi connectivity index (χ1v) is 5.12. The third kappa shape index (κ3) is 1.70. The second-order valence-corrected chi connectivity index (χ2v) is 3.62. The van der Waals surface area contributed by atoms with Crippen LogP contribution in [0.1, 0.15) is 23.3 Å². The molecule has 0 spiro atoms. The van der Waals surface area contributed by atoms with E-state index >= 15 is 0 Å². The number of aromatic nitrogens is 2. The Kier molecular flexibility index (Phi) is 2.74. The molecule has 0 aliphatic heterocycles. The zero-order valence-electron chi connectivity index (χ0n) is 9.10. The second-order valence-electron chi connectivity index (χ2n) is 3.62. The molecule has 3 heteroatoms. The van der Waals surface area contributed by atoms with Crippen LogP contribution in [0.25, 0.3) is 10.9 Å².